The van der Waals surface area contributed by atoms with Gasteiger partial charge in [0.1, 0.15) is 0 Å². The van der Waals surface area contributed by atoms with Gasteiger partial charge in [-0.2, -0.15) is 0 Å². The van der Waals surface area contributed by atoms with Crippen molar-refractivity contribution in [2.24, 2.45) is 0 Å². The van der Waals surface area contributed by atoms with Crippen LogP contribution < -0.4 is 0 Å². The Morgan fingerprint density at radius 3 is 1.35 bits per heavy atom. The third-order valence-electron chi connectivity index (χ3n) is 2.19. The quantitative estimate of drug-likeness (QED) is 0.427. The molecule has 0 aliphatic carbocycles. The van der Waals surface area contributed by atoms with Crippen LogP contribution in [0.1, 0.15) is 47.4 Å². The predicted molar refractivity (Wildman–Crippen MR) is 82.3 cm³/mol. The van der Waals surface area contributed by atoms with Crippen LogP contribution in [0, 0.1) is 0 Å². The molecular formula is C15H24O8. The van der Waals surface area contributed by atoms with Crippen LogP contribution in [-0.4, -0.2) is 61.6 Å². The minimum absolute atomic E-state index is 0.0833. The van der Waals surface area contributed by atoms with Crippen molar-refractivity contribution >= 4 is 11.9 Å². The lowest BCUT2D eigenvalue weighted by molar-refractivity contribution is -0.0453. The molecule has 0 aliphatic rings. The molecule has 0 bridgehead atoms. The molecule has 1 aromatic rings. The Morgan fingerprint density at radius 2 is 1.26 bits per heavy atom. The largest absolute Gasteiger partial charge is 0.478 e. The van der Waals surface area contributed by atoms with Crippen molar-refractivity contribution in [3.05, 3.63) is 35.4 Å². The fraction of sp³-hybridized carbons (Fsp3) is 0.467. The molecule has 0 saturated heterocycles. The molecule has 0 fully saturated rings. The standard InChI is InChI=1S/C8H6O4.C4H10O2.C3H8O2/c9-7(10)5-1-2-6(4-3-5)8(11)12;1-2-3-4(5)6;1-3(5)2-4/h1-4H,(H,9,10)(H,11,12);4-6H,2-3H2,1H3;3-5H,2H2,1H3. The highest BCUT2D eigenvalue weighted by Gasteiger charge is 2.04. The number of aliphatic hydroxyl groups excluding tert-OH is 3. The zero-order valence-corrected chi connectivity index (χ0v) is 13.1. The molecule has 8 nitrogen and oxygen atoms in total. The van der Waals surface area contributed by atoms with E-state index in [1.807, 2.05) is 6.92 Å². The van der Waals surface area contributed by atoms with E-state index in [1.54, 1.807) is 0 Å². The van der Waals surface area contributed by atoms with Crippen molar-refractivity contribution in [2.45, 2.75) is 39.1 Å². The molecule has 0 aromatic heterocycles. The van der Waals surface area contributed by atoms with Gasteiger partial charge in [-0.15, -0.1) is 0 Å². The summed E-state index contributed by atoms with van der Waals surface area (Å²) in [5.74, 6) is -2.13. The van der Waals surface area contributed by atoms with Crippen molar-refractivity contribution in [1.82, 2.24) is 0 Å². The van der Waals surface area contributed by atoms with Crippen LogP contribution in [0.25, 0.3) is 0 Å². The third kappa shape index (κ3) is 14.7. The predicted octanol–water partition coefficient (Wildman–Crippen LogP) is 0.540. The van der Waals surface area contributed by atoms with Gasteiger partial charge in [0.25, 0.3) is 0 Å². The van der Waals surface area contributed by atoms with Crippen molar-refractivity contribution in [3.63, 3.8) is 0 Å². The van der Waals surface area contributed by atoms with Gasteiger partial charge in [0.15, 0.2) is 6.29 Å². The maximum atomic E-state index is 10.3. The maximum absolute atomic E-state index is 10.3. The van der Waals surface area contributed by atoms with Crippen LogP contribution in [0.2, 0.25) is 0 Å². The third-order valence-corrected chi connectivity index (χ3v) is 2.19. The van der Waals surface area contributed by atoms with Crippen LogP contribution >= 0.6 is 0 Å². The highest BCUT2D eigenvalue weighted by Crippen LogP contribution is 2.03. The molecule has 6 N–H and O–H groups in total. The number of rotatable bonds is 5. The monoisotopic (exact) mass is 332 g/mol. The Labute approximate surface area is 134 Å². The van der Waals surface area contributed by atoms with Crippen molar-refractivity contribution < 1.29 is 40.2 Å². The van der Waals surface area contributed by atoms with E-state index in [9.17, 15) is 9.59 Å². The minimum atomic E-state index is -1.10. The Morgan fingerprint density at radius 1 is 0.957 bits per heavy atom. The first-order chi connectivity index (χ1) is 10.6. The fourth-order valence-corrected chi connectivity index (χ4v) is 1.01. The number of aliphatic hydroxyl groups is 4. The number of carboxylic acid groups (broad SMARTS) is 2. The Kier molecular flexibility index (Phi) is 13.8. The summed E-state index contributed by atoms with van der Waals surface area (Å²) in [4.78, 5) is 20.7. The number of hydrogen-bond acceptors (Lipinski definition) is 6. The number of carbonyl (C=O) groups is 2. The van der Waals surface area contributed by atoms with Gasteiger partial charge in [0, 0.05) is 0 Å². The minimum Gasteiger partial charge on any atom is -0.478 e. The Hall–Kier alpha value is -2.00. The first-order valence-corrected chi connectivity index (χ1v) is 6.87. The van der Waals surface area contributed by atoms with Gasteiger partial charge in [-0.1, -0.05) is 13.3 Å². The molecule has 23 heavy (non-hydrogen) atoms. The Balaban J connectivity index is 0. The zero-order valence-electron chi connectivity index (χ0n) is 13.1. The van der Waals surface area contributed by atoms with E-state index in [0.29, 0.717) is 6.42 Å². The summed E-state index contributed by atoms with van der Waals surface area (Å²) >= 11 is 0. The van der Waals surface area contributed by atoms with Gasteiger partial charge in [0.2, 0.25) is 0 Å². The van der Waals surface area contributed by atoms with Gasteiger partial charge in [-0.3, -0.25) is 0 Å². The van der Waals surface area contributed by atoms with E-state index in [2.05, 4.69) is 0 Å². The molecule has 0 heterocycles. The highest BCUT2D eigenvalue weighted by molar-refractivity contribution is 5.91. The second-order valence-corrected chi connectivity index (χ2v) is 4.49. The molecule has 0 saturated carbocycles. The molecule has 8 heteroatoms. The number of aromatic carboxylic acids is 2. The smallest absolute Gasteiger partial charge is 0.335 e. The average Bonchev–Trinajstić information content (AvgIpc) is 2.48. The van der Waals surface area contributed by atoms with E-state index < -0.39 is 24.3 Å². The summed E-state index contributed by atoms with van der Waals surface area (Å²) in [5, 5.41) is 49.2. The van der Waals surface area contributed by atoms with E-state index in [-0.39, 0.29) is 17.7 Å². The lowest BCUT2D eigenvalue weighted by atomic mass is 10.1. The summed E-state index contributed by atoms with van der Waals surface area (Å²) in [7, 11) is 0. The van der Waals surface area contributed by atoms with Gasteiger partial charge >= 0.3 is 11.9 Å². The molecular weight excluding hydrogens is 308 g/mol. The molecule has 1 aromatic carbocycles. The molecule has 1 unspecified atom stereocenters. The summed E-state index contributed by atoms with van der Waals surface area (Å²) in [5.41, 5.74) is 0.167. The second-order valence-electron chi connectivity index (χ2n) is 4.49. The number of benzene rings is 1. The maximum Gasteiger partial charge on any atom is 0.335 e. The van der Waals surface area contributed by atoms with E-state index in [1.165, 1.54) is 31.2 Å². The molecule has 1 rings (SSSR count). The zero-order chi connectivity index (χ0) is 18.4. The van der Waals surface area contributed by atoms with E-state index in [0.717, 1.165) is 6.42 Å². The van der Waals surface area contributed by atoms with Gasteiger partial charge in [0.05, 0.1) is 23.8 Å². The topological polar surface area (TPSA) is 156 Å². The summed E-state index contributed by atoms with van der Waals surface area (Å²) < 4.78 is 0. The highest BCUT2D eigenvalue weighted by atomic mass is 16.5. The molecule has 0 radical (unpaired) electrons. The number of hydrogen-bond donors (Lipinski definition) is 6. The Bertz CT molecular complexity index is 406. The lowest BCUT2D eigenvalue weighted by Gasteiger charge is -1.94. The lowest BCUT2D eigenvalue weighted by Crippen LogP contribution is -2.03. The number of carboxylic acids is 2. The van der Waals surface area contributed by atoms with Crippen molar-refractivity contribution in [2.75, 3.05) is 6.61 Å². The van der Waals surface area contributed by atoms with E-state index in [4.69, 9.17) is 30.6 Å². The summed E-state index contributed by atoms with van der Waals surface area (Å²) in [6.45, 7) is 3.29. The van der Waals surface area contributed by atoms with Crippen LogP contribution in [0.4, 0.5) is 0 Å². The van der Waals surface area contributed by atoms with Crippen LogP contribution in [-0.2, 0) is 0 Å². The van der Waals surface area contributed by atoms with Crippen molar-refractivity contribution in [3.8, 4) is 0 Å². The van der Waals surface area contributed by atoms with Gasteiger partial charge in [-0.05, 0) is 37.6 Å². The summed E-state index contributed by atoms with van der Waals surface area (Å²) in [6.07, 6.45) is -0.345. The molecule has 0 aliphatic heterocycles. The van der Waals surface area contributed by atoms with Gasteiger partial charge < -0.3 is 30.6 Å². The van der Waals surface area contributed by atoms with Crippen molar-refractivity contribution in [1.29, 1.82) is 0 Å². The SMILES string of the molecule is CC(O)CO.CCCC(O)O.O=C(O)c1ccc(C(=O)O)cc1. The fourth-order valence-electron chi connectivity index (χ4n) is 1.01. The van der Waals surface area contributed by atoms with Crippen LogP contribution in [0.15, 0.2) is 24.3 Å². The van der Waals surface area contributed by atoms with Crippen LogP contribution in [0.5, 0.6) is 0 Å². The normalized spacial score (nSPS) is 10.7. The average molecular weight is 332 g/mol. The first-order valence-electron chi connectivity index (χ1n) is 6.87. The molecule has 0 amide bonds. The molecule has 1 atom stereocenters. The summed E-state index contributed by atoms with van der Waals surface area (Å²) in [6, 6.07) is 5.02. The molecule has 132 valence electrons. The van der Waals surface area contributed by atoms with E-state index >= 15 is 0 Å². The molecule has 0 spiro atoms. The van der Waals surface area contributed by atoms with Gasteiger partial charge in [-0.25, -0.2) is 9.59 Å². The van der Waals surface area contributed by atoms with Crippen LogP contribution in [0.3, 0.4) is 0 Å². The second kappa shape index (κ2) is 13.6. The first kappa shape index (κ1) is 23.3.